The molecule has 0 bridgehead atoms. The Balaban J connectivity index is 1.38. The van der Waals surface area contributed by atoms with E-state index in [1.165, 1.54) is 16.4 Å². The first-order valence-corrected chi connectivity index (χ1v) is 14.6. The number of benzene rings is 2. The molecule has 4 aromatic rings. The van der Waals surface area contributed by atoms with Crippen LogP contribution in [0.2, 0.25) is 20.1 Å². The molecule has 1 aliphatic rings. The summed E-state index contributed by atoms with van der Waals surface area (Å²) in [5.41, 5.74) is 2.15. The molecule has 0 atom stereocenters. The number of hydrogen-bond donors (Lipinski definition) is 1. The second kappa shape index (κ2) is 10.3. The number of piperidine rings is 1. The van der Waals surface area contributed by atoms with Gasteiger partial charge in [0.1, 0.15) is 10.7 Å². The summed E-state index contributed by atoms with van der Waals surface area (Å²) >= 11 is 28.2. The molecule has 7 nitrogen and oxygen atoms in total. The van der Waals surface area contributed by atoms with Crippen LogP contribution < -0.4 is 5.32 Å². The summed E-state index contributed by atoms with van der Waals surface area (Å²) in [7, 11) is -3.82. The van der Waals surface area contributed by atoms with Crippen LogP contribution in [0.25, 0.3) is 16.9 Å². The molecule has 1 saturated heterocycles. The zero-order valence-electron chi connectivity index (χ0n) is 18.4. The number of aromatic nitrogens is 3. The molecule has 1 fully saturated rings. The Hall–Kier alpha value is -1.59. The minimum Gasteiger partial charge on any atom is -0.367 e. The Morgan fingerprint density at radius 1 is 0.972 bits per heavy atom. The van der Waals surface area contributed by atoms with E-state index in [0.29, 0.717) is 42.3 Å². The Bertz CT molecular complexity index is 1570. The van der Waals surface area contributed by atoms with Crippen LogP contribution in [0.15, 0.2) is 58.0 Å². The number of halogens is 5. The number of hydrogen-bond acceptors (Lipinski definition) is 5. The van der Waals surface area contributed by atoms with Gasteiger partial charge in [-0.2, -0.15) is 13.9 Å². The predicted octanol–water partition coefficient (Wildman–Crippen LogP) is 7.04. The van der Waals surface area contributed by atoms with Gasteiger partial charge >= 0.3 is 0 Å². The molecule has 13 heteroatoms. The van der Waals surface area contributed by atoms with E-state index < -0.39 is 10.0 Å². The fourth-order valence-electron chi connectivity index (χ4n) is 4.14. The lowest BCUT2D eigenvalue weighted by atomic mass is 10.1. The van der Waals surface area contributed by atoms with Crippen molar-refractivity contribution in [2.45, 2.75) is 23.8 Å². The van der Waals surface area contributed by atoms with Gasteiger partial charge in [0.15, 0.2) is 5.65 Å². The third-order valence-corrected chi connectivity index (χ3v) is 10.2. The minimum absolute atomic E-state index is 0.00778. The smallest absolute Gasteiger partial charge is 0.244 e. The molecule has 2 aromatic heterocycles. The van der Waals surface area contributed by atoms with Gasteiger partial charge in [-0.3, -0.25) is 0 Å². The highest BCUT2D eigenvalue weighted by Gasteiger charge is 2.32. The summed E-state index contributed by atoms with van der Waals surface area (Å²) in [6.07, 6.45) is 2.83. The molecule has 0 saturated carbocycles. The molecule has 2 aromatic carbocycles. The molecule has 0 aliphatic carbocycles. The van der Waals surface area contributed by atoms with Gasteiger partial charge in [-0.05, 0) is 47.0 Å². The van der Waals surface area contributed by atoms with Crippen molar-refractivity contribution >= 4 is 83.8 Å². The van der Waals surface area contributed by atoms with Gasteiger partial charge < -0.3 is 5.32 Å². The number of rotatable bonds is 5. The molecule has 3 heterocycles. The minimum atomic E-state index is -3.82. The van der Waals surface area contributed by atoms with Crippen LogP contribution >= 0.6 is 62.3 Å². The molecule has 188 valence electrons. The summed E-state index contributed by atoms with van der Waals surface area (Å²) < 4.78 is 30.3. The van der Waals surface area contributed by atoms with Crippen LogP contribution in [0.1, 0.15) is 12.8 Å². The Morgan fingerprint density at radius 2 is 1.69 bits per heavy atom. The third-order valence-electron chi connectivity index (χ3n) is 6.00. The highest BCUT2D eigenvalue weighted by Crippen LogP contribution is 2.37. The van der Waals surface area contributed by atoms with Crippen molar-refractivity contribution in [1.29, 1.82) is 0 Å². The van der Waals surface area contributed by atoms with E-state index in [0.717, 1.165) is 15.9 Å². The van der Waals surface area contributed by atoms with Gasteiger partial charge in [-0.1, -0.05) is 64.6 Å². The molecule has 1 aliphatic heterocycles. The fraction of sp³-hybridized carbons (Fsp3) is 0.217. The van der Waals surface area contributed by atoms with Gasteiger partial charge in [0.25, 0.3) is 0 Å². The Kier molecular flexibility index (Phi) is 7.44. The van der Waals surface area contributed by atoms with Crippen LogP contribution in [-0.4, -0.2) is 46.5 Å². The topological polar surface area (TPSA) is 79.6 Å². The number of fused-ring (bicyclic) bond motifs is 1. The van der Waals surface area contributed by atoms with E-state index in [1.807, 2.05) is 30.3 Å². The van der Waals surface area contributed by atoms with Gasteiger partial charge in [-0.15, -0.1) is 0 Å². The quantitative estimate of drug-likeness (QED) is 0.235. The van der Waals surface area contributed by atoms with E-state index in [2.05, 4.69) is 26.3 Å². The van der Waals surface area contributed by atoms with Crippen molar-refractivity contribution in [2.75, 3.05) is 18.4 Å². The maximum Gasteiger partial charge on any atom is 0.244 e. The zero-order valence-corrected chi connectivity index (χ0v) is 23.9. The number of nitrogens with zero attached hydrogens (tertiary/aromatic N) is 4. The molecule has 5 rings (SSSR count). The maximum atomic E-state index is 13.2. The van der Waals surface area contributed by atoms with Crippen molar-refractivity contribution < 1.29 is 8.42 Å². The third kappa shape index (κ3) is 4.82. The van der Waals surface area contributed by atoms with E-state index in [9.17, 15) is 8.42 Å². The molecular formula is C23H18BrCl4N5O2S. The monoisotopic (exact) mass is 647 g/mol. The molecule has 0 spiro atoms. The lowest BCUT2D eigenvalue weighted by Crippen LogP contribution is -2.42. The molecule has 0 radical (unpaired) electrons. The SMILES string of the molecule is O=S(=O)(c1ccc(Cl)c(Cl)c1Cl)N1CCC(Nc2cc(-c3ccccc3Cl)nc3c(Br)cnn23)CC1. The lowest BCUT2D eigenvalue weighted by molar-refractivity contribution is 0.329. The Morgan fingerprint density at radius 3 is 2.42 bits per heavy atom. The largest absolute Gasteiger partial charge is 0.367 e. The van der Waals surface area contributed by atoms with Crippen LogP contribution in [0.5, 0.6) is 0 Å². The molecule has 36 heavy (non-hydrogen) atoms. The van der Waals surface area contributed by atoms with Gasteiger partial charge in [0, 0.05) is 35.8 Å². The summed E-state index contributed by atoms with van der Waals surface area (Å²) in [4.78, 5) is 4.68. The highest BCUT2D eigenvalue weighted by atomic mass is 79.9. The van der Waals surface area contributed by atoms with Crippen LogP contribution in [0.4, 0.5) is 5.82 Å². The normalized spacial score (nSPS) is 15.5. The number of anilines is 1. The molecule has 0 amide bonds. The summed E-state index contributed by atoms with van der Waals surface area (Å²) in [6.45, 7) is 0.621. The standard InChI is InChI=1S/C23H18BrCl4N5O2S/c24-15-12-29-33-20(11-18(31-23(15)33)14-3-1-2-4-16(14)25)30-13-7-9-32(10-8-13)36(34,35)19-6-5-17(26)21(27)22(19)28/h1-6,11-13,30H,7-10H2. The number of sulfonamides is 1. The number of nitrogens with one attached hydrogen (secondary N) is 1. The van der Waals surface area contributed by atoms with E-state index in [-0.39, 0.29) is 26.0 Å². The molecule has 1 N–H and O–H groups in total. The van der Waals surface area contributed by atoms with Crippen LogP contribution in [0, 0.1) is 0 Å². The van der Waals surface area contributed by atoms with Gasteiger partial charge in [0.2, 0.25) is 10.0 Å². The van der Waals surface area contributed by atoms with Crippen LogP contribution in [0.3, 0.4) is 0 Å². The highest BCUT2D eigenvalue weighted by molar-refractivity contribution is 9.10. The van der Waals surface area contributed by atoms with Crippen molar-refractivity contribution in [3.63, 3.8) is 0 Å². The Labute approximate surface area is 236 Å². The summed E-state index contributed by atoms with van der Waals surface area (Å²) in [6, 6.07) is 12.2. The summed E-state index contributed by atoms with van der Waals surface area (Å²) in [5, 5.41) is 8.70. The predicted molar refractivity (Wildman–Crippen MR) is 148 cm³/mol. The van der Waals surface area contributed by atoms with Gasteiger partial charge in [-0.25, -0.2) is 13.4 Å². The van der Waals surface area contributed by atoms with E-state index in [1.54, 1.807) is 10.7 Å². The average Bonchev–Trinajstić information content (AvgIpc) is 3.24. The zero-order chi connectivity index (χ0) is 25.6. The van der Waals surface area contributed by atoms with Crippen molar-refractivity contribution in [3.05, 3.63) is 73.2 Å². The first kappa shape index (κ1) is 26.0. The first-order chi connectivity index (χ1) is 17.2. The van der Waals surface area contributed by atoms with Crippen LogP contribution in [-0.2, 0) is 10.0 Å². The molecule has 0 unspecified atom stereocenters. The lowest BCUT2D eigenvalue weighted by Gasteiger charge is -2.32. The van der Waals surface area contributed by atoms with Crippen molar-refractivity contribution in [3.8, 4) is 11.3 Å². The second-order valence-corrected chi connectivity index (χ2v) is 12.6. The summed E-state index contributed by atoms with van der Waals surface area (Å²) in [5.74, 6) is 0.731. The molecular weight excluding hydrogens is 632 g/mol. The van der Waals surface area contributed by atoms with Crippen molar-refractivity contribution in [2.24, 2.45) is 0 Å². The average molecular weight is 650 g/mol. The fourth-order valence-corrected chi connectivity index (χ4v) is 7.14. The second-order valence-electron chi connectivity index (χ2n) is 8.23. The van der Waals surface area contributed by atoms with E-state index in [4.69, 9.17) is 51.4 Å². The first-order valence-electron chi connectivity index (χ1n) is 10.9. The van der Waals surface area contributed by atoms with Gasteiger partial charge in [0.05, 0.1) is 31.4 Å². The van der Waals surface area contributed by atoms with Crippen molar-refractivity contribution in [1.82, 2.24) is 18.9 Å². The van der Waals surface area contributed by atoms with E-state index >= 15 is 0 Å². The maximum absolute atomic E-state index is 13.2.